The number of nitrogens with zero attached hydrogens (tertiary/aromatic N) is 4. The summed E-state index contributed by atoms with van der Waals surface area (Å²) in [6.45, 7) is 0.392. The molecule has 0 aliphatic carbocycles. The molecule has 0 saturated carbocycles. The lowest BCUT2D eigenvalue weighted by atomic mass is 10.2. The SMILES string of the molecule is O=C(NCc1ccccc1)c1cnn2c(O)cc(-c3ccccn3)nc12. The minimum Gasteiger partial charge on any atom is -0.493 e. The molecule has 4 aromatic rings. The van der Waals surface area contributed by atoms with Crippen molar-refractivity contribution in [3.63, 3.8) is 0 Å². The van der Waals surface area contributed by atoms with Crippen LogP contribution in [0.25, 0.3) is 17.0 Å². The molecule has 1 amide bonds. The molecule has 4 rings (SSSR count). The molecule has 128 valence electrons. The number of hydrogen-bond acceptors (Lipinski definition) is 5. The fourth-order valence-corrected chi connectivity index (χ4v) is 2.63. The van der Waals surface area contributed by atoms with E-state index in [1.807, 2.05) is 36.4 Å². The molecule has 3 heterocycles. The molecule has 26 heavy (non-hydrogen) atoms. The third-order valence-corrected chi connectivity index (χ3v) is 3.92. The van der Waals surface area contributed by atoms with E-state index in [2.05, 4.69) is 20.4 Å². The Labute approximate surface area is 149 Å². The lowest BCUT2D eigenvalue weighted by molar-refractivity contribution is 0.0952. The lowest BCUT2D eigenvalue weighted by Gasteiger charge is -2.06. The van der Waals surface area contributed by atoms with Crippen molar-refractivity contribution in [1.29, 1.82) is 0 Å². The second-order valence-corrected chi connectivity index (χ2v) is 5.68. The van der Waals surface area contributed by atoms with E-state index in [1.165, 1.54) is 16.8 Å². The second kappa shape index (κ2) is 6.64. The van der Waals surface area contributed by atoms with Crippen molar-refractivity contribution in [1.82, 2.24) is 24.9 Å². The van der Waals surface area contributed by atoms with Gasteiger partial charge in [0.15, 0.2) is 5.65 Å². The number of aromatic nitrogens is 4. The summed E-state index contributed by atoms with van der Waals surface area (Å²) < 4.78 is 1.23. The van der Waals surface area contributed by atoms with E-state index in [9.17, 15) is 9.90 Å². The fourth-order valence-electron chi connectivity index (χ4n) is 2.63. The van der Waals surface area contributed by atoms with Gasteiger partial charge < -0.3 is 10.4 Å². The van der Waals surface area contributed by atoms with Crippen molar-refractivity contribution >= 4 is 11.6 Å². The standard InChI is InChI=1S/C19H15N5O2/c25-17-10-16(15-8-4-5-9-20-15)23-18-14(12-22-24(17)18)19(26)21-11-13-6-2-1-3-7-13/h1-10,12,25H,11H2,(H,21,26). The largest absolute Gasteiger partial charge is 0.493 e. The monoisotopic (exact) mass is 345 g/mol. The van der Waals surface area contributed by atoms with Crippen molar-refractivity contribution in [3.05, 3.63) is 78.1 Å². The number of carbonyl (C=O) groups is 1. The summed E-state index contributed by atoms with van der Waals surface area (Å²) in [4.78, 5) is 21.2. The molecule has 0 radical (unpaired) electrons. The van der Waals surface area contributed by atoms with Crippen LogP contribution in [0.2, 0.25) is 0 Å². The van der Waals surface area contributed by atoms with E-state index in [4.69, 9.17) is 0 Å². The zero-order valence-electron chi connectivity index (χ0n) is 13.7. The maximum Gasteiger partial charge on any atom is 0.257 e. The maximum atomic E-state index is 12.6. The normalized spacial score (nSPS) is 10.8. The average Bonchev–Trinajstić information content (AvgIpc) is 3.12. The highest BCUT2D eigenvalue weighted by molar-refractivity contribution is 5.99. The molecule has 0 unspecified atom stereocenters. The fraction of sp³-hybridized carbons (Fsp3) is 0.0526. The quantitative estimate of drug-likeness (QED) is 0.593. The maximum absolute atomic E-state index is 12.6. The van der Waals surface area contributed by atoms with Crippen LogP contribution in [0.1, 0.15) is 15.9 Å². The first-order chi connectivity index (χ1) is 12.7. The van der Waals surface area contributed by atoms with Gasteiger partial charge in [-0.05, 0) is 17.7 Å². The smallest absolute Gasteiger partial charge is 0.257 e. The van der Waals surface area contributed by atoms with Crippen LogP contribution < -0.4 is 5.32 Å². The van der Waals surface area contributed by atoms with Gasteiger partial charge in [-0.3, -0.25) is 9.78 Å². The third kappa shape index (κ3) is 2.98. The highest BCUT2D eigenvalue weighted by Gasteiger charge is 2.17. The summed E-state index contributed by atoms with van der Waals surface area (Å²) in [5.41, 5.74) is 2.61. The average molecular weight is 345 g/mol. The van der Waals surface area contributed by atoms with Crippen molar-refractivity contribution in [2.45, 2.75) is 6.54 Å². The lowest BCUT2D eigenvalue weighted by Crippen LogP contribution is -2.22. The van der Waals surface area contributed by atoms with Crippen molar-refractivity contribution in [2.24, 2.45) is 0 Å². The zero-order valence-corrected chi connectivity index (χ0v) is 13.7. The minimum absolute atomic E-state index is 0.113. The van der Waals surface area contributed by atoms with E-state index >= 15 is 0 Å². The summed E-state index contributed by atoms with van der Waals surface area (Å²) in [6.07, 6.45) is 3.03. The number of fused-ring (bicyclic) bond motifs is 1. The van der Waals surface area contributed by atoms with Crippen molar-refractivity contribution in [3.8, 4) is 17.3 Å². The van der Waals surface area contributed by atoms with Gasteiger partial charge in [-0.25, -0.2) is 4.98 Å². The predicted molar refractivity (Wildman–Crippen MR) is 95.5 cm³/mol. The van der Waals surface area contributed by atoms with Crippen LogP contribution in [0.5, 0.6) is 5.88 Å². The number of nitrogens with one attached hydrogen (secondary N) is 1. The Morgan fingerprint density at radius 1 is 1.08 bits per heavy atom. The number of amides is 1. The Bertz CT molecular complexity index is 1060. The van der Waals surface area contributed by atoms with Crippen LogP contribution in [-0.4, -0.2) is 30.6 Å². The van der Waals surface area contributed by atoms with Crippen LogP contribution in [0.4, 0.5) is 0 Å². The number of rotatable bonds is 4. The first-order valence-electron chi connectivity index (χ1n) is 8.03. The number of aromatic hydroxyl groups is 1. The van der Waals surface area contributed by atoms with E-state index in [-0.39, 0.29) is 23.0 Å². The zero-order chi connectivity index (χ0) is 17.9. The molecule has 0 spiro atoms. The molecule has 0 aliphatic rings. The molecular weight excluding hydrogens is 330 g/mol. The molecule has 0 atom stereocenters. The molecule has 0 aliphatic heterocycles. The molecule has 7 nitrogen and oxygen atoms in total. The molecule has 7 heteroatoms. The van der Waals surface area contributed by atoms with Gasteiger partial charge in [0.25, 0.3) is 5.91 Å². The van der Waals surface area contributed by atoms with Gasteiger partial charge >= 0.3 is 0 Å². The molecule has 0 fully saturated rings. The number of hydrogen-bond donors (Lipinski definition) is 2. The van der Waals surface area contributed by atoms with E-state index < -0.39 is 0 Å². The summed E-state index contributed by atoms with van der Waals surface area (Å²) in [6, 6.07) is 16.5. The third-order valence-electron chi connectivity index (χ3n) is 3.92. The Hall–Kier alpha value is -3.74. The van der Waals surface area contributed by atoms with Gasteiger partial charge in [-0.15, -0.1) is 0 Å². The van der Waals surface area contributed by atoms with Gasteiger partial charge in [0.1, 0.15) is 5.56 Å². The highest BCUT2D eigenvalue weighted by atomic mass is 16.3. The van der Waals surface area contributed by atoms with E-state index in [0.29, 0.717) is 17.9 Å². The topological polar surface area (TPSA) is 92.4 Å². The van der Waals surface area contributed by atoms with Gasteiger partial charge in [-0.1, -0.05) is 36.4 Å². The van der Waals surface area contributed by atoms with Gasteiger partial charge in [0, 0.05) is 18.8 Å². The number of pyridine rings is 1. The Morgan fingerprint density at radius 2 is 1.88 bits per heavy atom. The van der Waals surface area contributed by atoms with Crippen LogP contribution in [0, 0.1) is 0 Å². The number of carbonyl (C=O) groups excluding carboxylic acids is 1. The number of benzene rings is 1. The molecule has 1 aromatic carbocycles. The molecule has 0 bridgehead atoms. The van der Waals surface area contributed by atoms with E-state index in [1.54, 1.807) is 18.3 Å². The van der Waals surface area contributed by atoms with Crippen LogP contribution in [0.15, 0.2) is 67.0 Å². The minimum atomic E-state index is -0.311. The predicted octanol–water partition coefficient (Wildman–Crippen LogP) is 2.43. The molecular formula is C19H15N5O2. The molecule has 0 saturated heterocycles. The Morgan fingerprint density at radius 3 is 2.65 bits per heavy atom. The van der Waals surface area contributed by atoms with Gasteiger partial charge in [-0.2, -0.15) is 9.61 Å². The van der Waals surface area contributed by atoms with Gasteiger partial charge in [0.05, 0.1) is 17.6 Å². The first kappa shape index (κ1) is 15.8. The van der Waals surface area contributed by atoms with Crippen molar-refractivity contribution in [2.75, 3.05) is 0 Å². The Balaban J connectivity index is 1.67. The molecule has 2 N–H and O–H groups in total. The molecule has 3 aromatic heterocycles. The summed E-state index contributed by atoms with van der Waals surface area (Å²) in [5.74, 6) is -0.424. The van der Waals surface area contributed by atoms with E-state index in [0.717, 1.165) is 5.56 Å². The summed E-state index contributed by atoms with van der Waals surface area (Å²) >= 11 is 0. The second-order valence-electron chi connectivity index (χ2n) is 5.68. The Kier molecular flexibility index (Phi) is 4.03. The highest BCUT2D eigenvalue weighted by Crippen LogP contribution is 2.22. The first-order valence-corrected chi connectivity index (χ1v) is 8.03. The van der Waals surface area contributed by atoms with Crippen LogP contribution in [-0.2, 0) is 6.54 Å². The summed E-state index contributed by atoms with van der Waals surface area (Å²) in [5, 5.41) is 17.1. The van der Waals surface area contributed by atoms with Crippen LogP contribution >= 0.6 is 0 Å². The van der Waals surface area contributed by atoms with Gasteiger partial charge in [0.2, 0.25) is 5.88 Å². The van der Waals surface area contributed by atoms with Crippen LogP contribution in [0.3, 0.4) is 0 Å². The summed E-state index contributed by atoms with van der Waals surface area (Å²) in [7, 11) is 0. The van der Waals surface area contributed by atoms with Crippen molar-refractivity contribution < 1.29 is 9.90 Å².